The molecule has 1 aromatic rings. The summed E-state index contributed by atoms with van der Waals surface area (Å²) in [5.41, 5.74) is 0. The highest BCUT2D eigenvalue weighted by Gasteiger charge is 2.25. The lowest BCUT2D eigenvalue weighted by Crippen LogP contribution is -2.37. The van der Waals surface area contributed by atoms with Gasteiger partial charge in [-0.05, 0) is 13.3 Å². The Morgan fingerprint density at radius 3 is 3.16 bits per heavy atom. The number of nitrogens with one attached hydrogen (secondary N) is 2. The molecule has 7 heteroatoms. The van der Waals surface area contributed by atoms with Crippen molar-refractivity contribution in [1.29, 1.82) is 0 Å². The number of hydrogen-bond acceptors (Lipinski definition) is 6. The fourth-order valence-corrected chi connectivity index (χ4v) is 2.11. The predicted octanol–water partition coefficient (Wildman–Crippen LogP) is 0.843. The van der Waals surface area contributed by atoms with E-state index in [0.717, 1.165) is 37.7 Å². The van der Waals surface area contributed by atoms with Gasteiger partial charge in [-0.3, -0.25) is 0 Å². The van der Waals surface area contributed by atoms with Crippen molar-refractivity contribution >= 4 is 17.7 Å². The molecule has 0 aromatic carbocycles. The number of carbonyl (C=O) groups is 1. The number of aromatic nitrogens is 2. The Kier molecular flexibility index (Phi) is 4.38. The summed E-state index contributed by atoms with van der Waals surface area (Å²) in [5.74, 6) is 1.69. The van der Waals surface area contributed by atoms with Crippen LogP contribution in [0.5, 0.6) is 0 Å². The normalized spacial score (nSPS) is 18.2. The van der Waals surface area contributed by atoms with Crippen LogP contribution in [0.4, 0.5) is 16.4 Å². The van der Waals surface area contributed by atoms with Crippen molar-refractivity contribution in [2.24, 2.45) is 0 Å². The van der Waals surface area contributed by atoms with Crippen LogP contribution in [0.1, 0.15) is 13.3 Å². The number of amides is 1. The molecule has 2 heterocycles. The van der Waals surface area contributed by atoms with Crippen molar-refractivity contribution < 1.29 is 9.53 Å². The first-order valence-corrected chi connectivity index (χ1v) is 6.38. The minimum Gasteiger partial charge on any atom is -0.453 e. The summed E-state index contributed by atoms with van der Waals surface area (Å²) in [5, 5.41) is 5.96. The number of anilines is 2. The zero-order valence-corrected chi connectivity index (χ0v) is 11.2. The number of carbonyl (C=O) groups excluding carboxylic acids is 1. The van der Waals surface area contributed by atoms with Gasteiger partial charge in [0.1, 0.15) is 18.0 Å². The summed E-state index contributed by atoms with van der Waals surface area (Å²) in [6, 6.07) is 2.02. The Hall–Kier alpha value is -2.05. The monoisotopic (exact) mass is 265 g/mol. The highest BCUT2D eigenvalue weighted by Crippen LogP contribution is 2.19. The van der Waals surface area contributed by atoms with E-state index >= 15 is 0 Å². The number of alkyl carbamates (subject to hydrolysis) is 1. The van der Waals surface area contributed by atoms with Crippen LogP contribution in [0, 0.1) is 0 Å². The molecule has 1 aliphatic rings. The van der Waals surface area contributed by atoms with E-state index in [4.69, 9.17) is 0 Å². The van der Waals surface area contributed by atoms with E-state index < -0.39 is 0 Å². The highest BCUT2D eigenvalue weighted by atomic mass is 16.5. The maximum Gasteiger partial charge on any atom is 0.407 e. The fraction of sp³-hybridized carbons (Fsp3) is 0.583. The van der Waals surface area contributed by atoms with E-state index in [2.05, 4.69) is 30.2 Å². The molecule has 1 atom stereocenters. The van der Waals surface area contributed by atoms with E-state index in [1.165, 1.54) is 7.11 Å². The lowest BCUT2D eigenvalue weighted by atomic mass is 10.3. The molecular formula is C12H19N5O2. The molecular weight excluding hydrogens is 246 g/mol. The fourth-order valence-electron chi connectivity index (χ4n) is 2.11. The van der Waals surface area contributed by atoms with Crippen LogP contribution in [0.15, 0.2) is 12.4 Å². The van der Waals surface area contributed by atoms with Gasteiger partial charge >= 0.3 is 6.09 Å². The second-order valence-corrected chi connectivity index (χ2v) is 4.36. The maximum absolute atomic E-state index is 11.2. The average Bonchev–Trinajstić information content (AvgIpc) is 2.88. The molecule has 2 rings (SSSR count). The first-order chi connectivity index (χ1) is 9.22. The summed E-state index contributed by atoms with van der Waals surface area (Å²) in [7, 11) is 1.37. The van der Waals surface area contributed by atoms with E-state index in [1.54, 1.807) is 6.33 Å². The van der Waals surface area contributed by atoms with Crippen LogP contribution in [0.25, 0.3) is 0 Å². The van der Waals surface area contributed by atoms with Gasteiger partial charge < -0.3 is 20.3 Å². The summed E-state index contributed by atoms with van der Waals surface area (Å²) in [4.78, 5) is 21.7. The molecule has 0 radical (unpaired) electrons. The molecule has 0 saturated carbocycles. The molecule has 7 nitrogen and oxygen atoms in total. The third-order valence-electron chi connectivity index (χ3n) is 3.03. The molecule has 1 aromatic heterocycles. The third-order valence-corrected chi connectivity index (χ3v) is 3.03. The van der Waals surface area contributed by atoms with Crippen LogP contribution < -0.4 is 15.5 Å². The molecule has 0 aliphatic carbocycles. The molecule has 2 N–H and O–H groups in total. The van der Waals surface area contributed by atoms with Gasteiger partial charge in [0.15, 0.2) is 0 Å². The quantitative estimate of drug-likeness (QED) is 0.840. The molecule has 1 amide bonds. The summed E-state index contributed by atoms with van der Waals surface area (Å²) >= 11 is 0. The zero-order valence-electron chi connectivity index (χ0n) is 11.2. The van der Waals surface area contributed by atoms with Crippen molar-refractivity contribution in [1.82, 2.24) is 15.3 Å². The van der Waals surface area contributed by atoms with Crippen LogP contribution in [-0.2, 0) is 4.74 Å². The first kappa shape index (κ1) is 13.4. The lowest BCUT2D eigenvalue weighted by Gasteiger charge is -2.18. The average molecular weight is 265 g/mol. The molecule has 0 bridgehead atoms. The Bertz CT molecular complexity index is 440. The van der Waals surface area contributed by atoms with E-state index in [-0.39, 0.29) is 12.1 Å². The Labute approximate surface area is 112 Å². The minimum atomic E-state index is -0.386. The SMILES string of the molecule is CCNc1cc(N2CCC(NC(=O)OC)C2)ncn1. The lowest BCUT2D eigenvalue weighted by molar-refractivity contribution is 0.167. The zero-order chi connectivity index (χ0) is 13.7. The van der Waals surface area contributed by atoms with Gasteiger partial charge in [-0.15, -0.1) is 0 Å². The van der Waals surface area contributed by atoms with Crippen LogP contribution in [-0.4, -0.2) is 48.8 Å². The molecule has 104 valence electrons. The van der Waals surface area contributed by atoms with E-state index in [9.17, 15) is 4.79 Å². The van der Waals surface area contributed by atoms with Gasteiger partial charge in [0.2, 0.25) is 0 Å². The number of hydrogen-bond donors (Lipinski definition) is 2. The number of methoxy groups -OCH3 is 1. The molecule has 1 saturated heterocycles. The molecule has 1 aliphatic heterocycles. The Morgan fingerprint density at radius 1 is 1.58 bits per heavy atom. The van der Waals surface area contributed by atoms with Crippen molar-refractivity contribution in [3.63, 3.8) is 0 Å². The number of ether oxygens (including phenoxy) is 1. The van der Waals surface area contributed by atoms with Gasteiger partial charge in [-0.25, -0.2) is 14.8 Å². The Balaban J connectivity index is 1.96. The van der Waals surface area contributed by atoms with E-state index in [0.29, 0.717) is 0 Å². The van der Waals surface area contributed by atoms with Crippen molar-refractivity contribution in [3.8, 4) is 0 Å². The molecule has 1 fully saturated rings. The van der Waals surface area contributed by atoms with E-state index in [1.807, 2.05) is 13.0 Å². The predicted molar refractivity (Wildman–Crippen MR) is 72.4 cm³/mol. The van der Waals surface area contributed by atoms with Crippen LogP contribution in [0.2, 0.25) is 0 Å². The second kappa shape index (κ2) is 6.21. The largest absolute Gasteiger partial charge is 0.453 e. The topological polar surface area (TPSA) is 79.4 Å². The summed E-state index contributed by atoms with van der Waals surface area (Å²) in [6.07, 6.45) is 2.05. The Morgan fingerprint density at radius 2 is 2.42 bits per heavy atom. The van der Waals surface area contributed by atoms with Gasteiger partial charge in [0.05, 0.1) is 13.2 Å². The standard InChI is InChI=1S/C12H19N5O2/c1-3-13-10-6-11(15-8-14-10)17-5-4-9(7-17)16-12(18)19-2/h6,8-9H,3-5,7H2,1-2H3,(H,16,18)(H,13,14,15). The highest BCUT2D eigenvalue weighted by molar-refractivity contribution is 5.67. The molecule has 1 unspecified atom stereocenters. The summed E-state index contributed by atoms with van der Waals surface area (Å²) < 4.78 is 4.60. The third kappa shape index (κ3) is 3.46. The molecule has 0 spiro atoms. The van der Waals surface area contributed by atoms with Gasteiger partial charge in [0.25, 0.3) is 0 Å². The number of rotatable bonds is 4. The van der Waals surface area contributed by atoms with Crippen LogP contribution >= 0.6 is 0 Å². The van der Waals surface area contributed by atoms with Crippen molar-refractivity contribution in [2.75, 3.05) is 37.0 Å². The minimum absolute atomic E-state index is 0.102. The van der Waals surface area contributed by atoms with Gasteiger partial charge in [-0.2, -0.15) is 0 Å². The maximum atomic E-state index is 11.2. The van der Waals surface area contributed by atoms with Gasteiger partial charge in [0, 0.05) is 25.7 Å². The number of nitrogens with zero attached hydrogens (tertiary/aromatic N) is 3. The van der Waals surface area contributed by atoms with Crippen molar-refractivity contribution in [3.05, 3.63) is 12.4 Å². The smallest absolute Gasteiger partial charge is 0.407 e. The second-order valence-electron chi connectivity index (χ2n) is 4.36. The van der Waals surface area contributed by atoms with Crippen LogP contribution in [0.3, 0.4) is 0 Å². The van der Waals surface area contributed by atoms with Crippen molar-refractivity contribution in [2.45, 2.75) is 19.4 Å². The summed E-state index contributed by atoms with van der Waals surface area (Å²) in [6.45, 7) is 4.44. The first-order valence-electron chi connectivity index (χ1n) is 6.38. The molecule has 19 heavy (non-hydrogen) atoms. The van der Waals surface area contributed by atoms with Gasteiger partial charge in [-0.1, -0.05) is 0 Å².